The number of ether oxygens (including phenoxy) is 1. The third kappa shape index (κ3) is 3.91. The maximum absolute atomic E-state index is 5.30. The number of hydrogen-bond donors (Lipinski definition) is 1. The van der Waals surface area contributed by atoms with E-state index in [0.717, 1.165) is 21.8 Å². The van der Waals surface area contributed by atoms with Gasteiger partial charge in [0, 0.05) is 16.6 Å². The summed E-state index contributed by atoms with van der Waals surface area (Å²) in [4.78, 5) is 0. The molecule has 3 heteroatoms. The van der Waals surface area contributed by atoms with Crippen LogP contribution in [0.1, 0.15) is 46.5 Å². The summed E-state index contributed by atoms with van der Waals surface area (Å²) in [5.41, 5.74) is 1.59. The highest BCUT2D eigenvalue weighted by molar-refractivity contribution is 9.10. The highest BCUT2D eigenvalue weighted by atomic mass is 79.9. The average Bonchev–Trinajstić information content (AvgIpc) is 2.41. The van der Waals surface area contributed by atoms with E-state index in [-0.39, 0.29) is 0 Å². The van der Waals surface area contributed by atoms with Crippen LogP contribution in [0.2, 0.25) is 0 Å². The summed E-state index contributed by atoms with van der Waals surface area (Å²) in [5.74, 6) is 1.76. The van der Waals surface area contributed by atoms with E-state index in [4.69, 9.17) is 4.74 Å². The molecule has 1 saturated carbocycles. The van der Waals surface area contributed by atoms with Gasteiger partial charge < -0.3 is 10.1 Å². The van der Waals surface area contributed by atoms with E-state index in [0.29, 0.717) is 11.5 Å². The van der Waals surface area contributed by atoms with Crippen molar-refractivity contribution in [1.29, 1.82) is 0 Å². The minimum absolute atomic E-state index is 0.446. The summed E-state index contributed by atoms with van der Waals surface area (Å²) in [6.45, 7) is 7.10. The van der Waals surface area contributed by atoms with Gasteiger partial charge in [0.1, 0.15) is 5.75 Å². The van der Waals surface area contributed by atoms with E-state index >= 15 is 0 Å². The van der Waals surface area contributed by atoms with Gasteiger partial charge in [-0.25, -0.2) is 0 Å². The first-order valence-corrected chi connectivity index (χ1v) is 8.29. The Bertz CT molecular complexity index is 445. The third-order valence-corrected chi connectivity index (χ3v) is 5.18. The van der Waals surface area contributed by atoms with Crippen molar-refractivity contribution in [2.75, 3.05) is 12.4 Å². The topological polar surface area (TPSA) is 21.3 Å². The van der Waals surface area contributed by atoms with Crippen LogP contribution in [0.4, 0.5) is 5.69 Å². The van der Waals surface area contributed by atoms with Crippen LogP contribution in [-0.4, -0.2) is 13.2 Å². The van der Waals surface area contributed by atoms with E-state index < -0.39 is 0 Å². The smallest absolute Gasteiger partial charge is 0.121 e. The molecule has 0 aromatic heterocycles. The fourth-order valence-corrected chi connectivity index (χ4v) is 3.43. The van der Waals surface area contributed by atoms with Crippen LogP contribution in [0.15, 0.2) is 22.7 Å². The second-order valence-corrected chi connectivity index (χ2v) is 7.76. The minimum Gasteiger partial charge on any atom is -0.497 e. The van der Waals surface area contributed by atoms with Crippen LogP contribution >= 0.6 is 15.9 Å². The predicted octanol–water partition coefficient (Wildman–Crippen LogP) is 5.47. The first-order chi connectivity index (χ1) is 9.40. The molecular weight excluding hydrogens is 314 g/mol. The maximum atomic E-state index is 5.30. The molecule has 0 saturated heterocycles. The summed E-state index contributed by atoms with van der Waals surface area (Å²) >= 11 is 3.61. The van der Waals surface area contributed by atoms with Crippen molar-refractivity contribution in [3.8, 4) is 5.75 Å². The number of nitrogens with one attached hydrogen (secondary N) is 1. The average molecular weight is 340 g/mol. The van der Waals surface area contributed by atoms with E-state index in [2.05, 4.69) is 48.1 Å². The van der Waals surface area contributed by atoms with Crippen LogP contribution in [-0.2, 0) is 0 Å². The second-order valence-electron chi connectivity index (χ2n) is 6.90. The van der Waals surface area contributed by atoms with Crippen molar-refractivity contribution in [3.63, 3.8) is 0 Å². The minimum atomic E-state index is 0.446. The molecule has 0 radical (unpaired) electrons. The lowest BCUT2D eigenvalue weighted by molar-refractivity contribution is 0.173. The largest absolute Gasteiger partial charge is 0.497 e. The SMILES string of the molecule is COc1ccc(Br)c(NC2CCC(C(C)(C)C)CC2)c1. The molecule has 0 aliphatic heterocycles. The summed E-state index contributed by atoms with van der Waals surface area (Å²) in [6.07, 6.45) is 5.16. The number of methoxy groups -OCH3 is 1. The van der Waals surface area contributed by atoms with Crippen LogP contribution in [0, 0.1) is 11.3 Å². The molecule has 0 heterocycles. The number of halogens is 1. The van der Waals surface area contributed by atoms with Gasteiger partial charge in [-0.05, 0) is 65.1 Å². The van der Waals surface area contributed by atoms with E-state index in [1.54, 1.807) is 7.11 Å². The highest BCUT2D eigenvalue weighted by Crippen LogP contribution is 2.39. The standard InChI is InChI=1S/C17H26BrNO/c1-17(2,3)12-5-7-13(8-6-12)19-16-11-14(20-4)9-10-15(16)18/h9-13,19H,5-8H2,1-4H3. The first kappa shape index (κ1) is 15.7. The monoisotopic (exact) mass is 339 g/mol. The van der Waals surface area contributed by atoms with Crippen molar-refractivity contribution in [3.05, 3.63) is 22.7 Å². The van der Waals surface area contributed by atoms with Crippen molar-refractivity contribution < 1.29 is 4.74 Å². The Morgan fingerprint density at radius 3 is 2.35 bits per heavy atom. The Hall–Kier alpha value is -0.700. The van der Waals surface area contributed by atoms with Gasteiger partial charge in [0.15, 0.2) is 0 Å². The Morgan fingerprint density at radius 2 is 1.80 bits per heavy atom. The van der Waals surface area contributed by atoms with Crippen LogP contribution < -0.4 is 10.1 Å². The van der Waals surface area contributed by atoms with Crippen molar-refractivity contribution in [2.45, 2.75) is 52.5 Å². The molecule has 1 aromatic carbocycles. The van der Waals surface area contributed by atoms with Gasteiger partial charge in [0.25, 0.3) is 0 Å². The molecule has 20 heavy (non-hydrogen) atoms. The summed E-state index contributed by atoms with van der Waals surface area (Å²) < 4.78 is 6.41. The summed E-state index contributed by atoms with van der Waals surface area (Å²) in [7, 11) is 1.71. The van der Waals surface area contributed by atoms with Gasteiger partial charge in [0.05, 0.1) is 12.8 Å². The predicted molar refractivity (Wildman–Crippen MR) is 89.5 cm³/mol. The van der Waals surface area contributed by atoms with Crippen molar-refractivity contribution >= 4 is 21.6 Å². The van der Waals surface area contributed by atoms with Gasteiger partial charge in [0.2, 0.25) is 0 Å². The number of benzene rings is 1. The number of hydrogen-bond acceptors (Lipinski definition) is 2. The molecule has 1 N–H and O–H groups in total. The third-order valence-electron chi connectivity index (χ3n) is 4.49. The van der Waals surface area contributed by atoms with Crippen molar-refractivity contribution in [1.82, 2.24) is 0 Å². The molecule has 0 amide bonds. The highest BCUT2D eigenvalue weighted by Gasteiger charge is 2.29. The van der Waals surface area contributed by atoms with Gasteiger partial charge in [-0.1, -0.05) is 20.8 Å². The quantitative estimate of drug-likeness (QED) is 0.787. The lowest BCUT2D eigenvalue weighted by atomic mass is 9.71. The molecule has 0 bridgehead atoms. The Kier molecular flexibility index (Phi) is 5.00. The molecule has 1 fully saturated rings. The number of rotatable bonds is 3. The van der Waals surface area contributed by atoms with E-state index in [1.165, 1.54) is 25.7 Å². The Balaban J connectivity index is 1.96. The molecule has 2 nitrogen and oxygen atoms in total. The summed E-state index contributed by atoms with van der Waals surface area (Å²) in [6, 6.07) is 6.67. The van der Waals surface area contributed by atoms with Crippen LogP contribution in [0.25, 0.3) is 0 Å². The van der Waals surface area contributed by atoms with Crippen LogP contribution in [0.5, 0.6) is 5.75 Å². The lowest BCUT2D eigenvalue weighted by Crippen LogP contribution is -2.31. The molecule has 1 aliphatic rings. The zero-order valence-corrected chi connectivity index (χ0v) is 14.6. The molecule has 2 rings (SSSR count). The Morgan fingerprint density at radius 1 is 1.15 bits per heavy atom. The van der Waals surface area contributed by atoms with Gasteiger partial charge >= 0.3 is 0 Å². The zero-order valence-electron chi connectivity index (χ0n) is 13.0. The Labute approximate surface area is 131 Å². The molecule has 0 unspecified atom stereocenters. The fraction of sp³-hybridized carbons (Fsp3) is 0.647. The van der Waals surface area contributed by atoms with Gasteiger partial charge in [-0.3, -0.25) is 0 Å². The number of anilines is 1. The molecular formula is C17H26BrNO. The summed E-state index contributed by atoms with van der Waals surface area (Å²) in [5, 5.41) is 3.67. The molecule has 0 spiro atoms. The fourth-order valence-electron chi connectivity index (χ4n) is 3.07. The van der Waals surface area contributed by atoms with E-state index in [9.17, 15) is 0 Å². The van der Waals surface area contributed by atoms with Crippen LogP contribution in [0.3, 0.4) is 0 Å². The normalized spacial score (nSPS) is 23.4. The van der Waals surface area contributed by atoms with Gasteiger partial charge in [-0.2, -0.15) is 0 Å². The second kappa shape index (κ2) is 6.38. The molecule has 0 atom stereocenters. The first-order valence-electron chi connectivity index (χ1n) is 7.50. The van der Waals surface area contributed by atoms with E-state index in [1.807, 2.05) is 12.1 Å². The van der Waals surface area contributed by atoms with Gasteiger partial charge in [-0.15, -0.1) is 0 Å². The zero-order chi connectivity index (χ0) is 14.8. The molecule has 112 valence electrons. The molecule has 1 aromatic rings. The maximum Gasteiger partial charge on any atom is 0.121 e. The molecule has 1 aliphatic carbocycles. The van der Waals surface area contributed by atoms with Crippen molar-refractivity contribution in [2.24, 2.45) is 11.3 Å². The lowest BCUT2D eigenvalue weighted by Gasteiger charge is -2.37.